The quantitative estimate of drug-likeness (QED) is 0.441. The predicted molar refractivity (Wildman–Crippen MR) is 134 cm³/mol. The van der Waals surface area contributed by atoms with Crippen LogP contribution in [0.1, 0.15) is 38.3 Å². The molecule has 32 heavy (non-hydrogen) atoms. The van der Waals surface area contributed by atoms with Gasteiger partial charge >= 0.3 is 0 Å². The fourth-order valence-corrected chi connectivity index (χ4v) is 4.16. The van der Waals surface area contributed by atoms with Crippen molar-refractivity contribution in [2.45, 2.75) is 51.6 Å². The number of thioether (sulfide) groups is 1. The van der Waals surface area contributed by atoms with Crippen molar-refractivity contribution in [1.82, 2.24) is 10.2 Å². The van der Waals surface area contributed by atoms with Gasteiger partial charge in [-0.2, -0.15) is 0 Å². The summed E-state index contributed by atoms with van der Waals surface area (Å²) in [6, 6.07) is 12.4. The number of nitrogens with zero attached hydrogens (tertiary/aromatic N) is 1. The molecule has 5 nitrogen and oxygen atoms in total. The molecule has 2 aromatic rings. The van der Waals surface area contributed by atoms with Gasteiger partial charge in [-0.1, -0.05) is 48.3 Å². The number of carbonyl (C=O) groups is 2. The van der Waals surface area contributed by atoms with Gasteiger partial charge in [-0.3, -0.25) is 9.59 Å². The molecule has 0 heterocycles. The molecule has 0 radical (unpaired) electrons. The van der Waals surface area contributed by atoms with Gasteiger partial charge in [0.05, 0.1) is 22.9 Å². The molecule has 0 bridgehead atoms. The number of rotatable bonds is 11. The molecule has 174 valence electrons. The zero-order valence-electron chi connectivity index (χ0n) is 18.9. The van der Waals surface area contributed by atoms with Crippen molar-refractivity contribution in [2.24, 2.45) is 0 Å². The van der Waals surface area contributed by atoms with Crippen LogP contribution in [-0.2, 0) is 21.9 Å². The van der Waals surface area contributed by atoms with E-state index < -0.39 is 6.04 Å². The standard InChI is InChI=1S/C24H30Cl2N2O3S/c1-5-16(2)27-24(30)17(3)28(13-18-7-6-8-20(11-18)31-4)23(29)15-32-14-19-9-10-21(25)22(26)12-19/h6-12,16-17H,5,13-15H2,1-4H3,(H,27,30)/t16-,17+/m1/s1. The summed E-state index contributed by atoms with van der Waals surface area (Å²) in [7, 11) is 1.60. The molecule has 0 unspecified atom stereocenters. The van der Waals surface area contributed by atoms with E-state index in [9.17, 15) is 9.59 Å². The summed E-state index contributed by atoms with van der Waals surface area (Å²) >= 11 is 13.5. The topological polar surface area (TPSA) is 58.6 Å². The molecule has 0 spiro atoms. The molecule has 1 N–H and O–H groups in total. The number of hydrogen-bond donors (Lipinski definition) is 1. The second-order valence-corrected chi connectivity index (χ2v) is 9.41. The van der Waals surface area contributed by atoms with Crippen LogP contribution in [0.2, 0.25) is 10.0 Å². The molecule has 0 aliphatic rings. The molecule has 2 aromatic carbocycles. The molecule has 8 heteroatoms. The van der Waals surface area contributed by atoms with Gasteiger partial charge in [-0.15, -0.1) is 11.8 Å². The van der Waals surface area contributed by atoms with Gasteiger partial charge in [-0.25, -0.2) is 0 Å². The first kappa shape index (κ1) is 26.4. The number of methoxy groups -OCH3 is 1. The Morgan fingerprint density at radius 1 is 1.09 bits per heavy atom. The number of carbonyl (C=O) groups excluding carboxylic acids is 2. The lowest BCUT2D eigenvalue weighted by Crippen LogP contribution is -2.50. The third kappa shape index (κ3) is 7.91. The van der Waals surface area contributed by atoms with Gasteiger partial charge in [0.15, 0.2) is 0 Å². The van der Waals surface area contributed by atoms with Gasteiger partial charge < -0.3 is 15.0 Å². The first-order chi connectivity index (χ1) is 15.2. The van der Waals surface area contributed by atoms with Gasteiger partial charge in [0.2, 0.25) is 11.8 Å². The second kappa shape index (κ2) is 13.0. The lowest BCUT2D eigenvalue weighted by Gasteiger charge is -2.29. The molecule has 0 fully saturated rings. The highest BCUT2D eigenvalue weighted by atomic mass is 35.5. The van der Waals surface area contributed by atoms with E-state index >= 15 is 0 Å². The summed E-state index contributed by atoms with van der Waals surface area (Å²) in [6.07, 6.45) is 0.821. The Morgan fingerprint density at radius 3 is 2.50 bits per heavy atom. The molecule has 2 rings (SSSR count). The minimum atomic E-state index is -0.603. The maximum absolute atomic E-state index is 13.2. The van der Waals surface area contributed by atoms with Gasteiger partial charge in [0.1, 0.15) is 11.8 Å². The lowest BCUT2D eigenvalue weighted by molar-refractivity contribution is -0.138. The lowest BCUT2D eigenvalue weighted by atomic mass is 10.1. The smallest absolute Gasteiger partial charge is 0.242 e. The molecular weight excluding hydrogens is 467 g/mol. The minimum Gasteiger partial charge on any atom is -0.497 e. The van der Waals surface area contributed by atoms with Gasteiger partial charge in [0.25, 0.3) is 0 Å². The average Bonchev–Trinajstić information content (AvgIpc) is 2.79. The van der Waals surface area contributed by atoms with Crippen molar-refractivity contribution in [3.63, 3.8) is 0 Å². The number of nitrogens with one attached hydrogen (secondary N) is 1. The van der Waals surface area contributed by atoms with Gasteiger partial charge in [0, 0.05) is 18.3 Å². The third-order valence-electron chi connectivity index (χ3n) is 5.13. The highest BCUT2D eigenvalue weighted by molar-refractivity contribution is 7.99. The third-order valence-corrected chi connectivity index (χ3v) is 6.86. The van der Waals surface area contributed by atoms with Crippen molar-refractivity contribution in [3.05, 3.63) is 63.6 Å². The van der Waals surface area contributed by atoms with Crippen LogP contribution >= 0.6 is 35.0 Å². The van der Waals surface area contributed by atoms with Crippen molar-refractivity contribution in [1.29, 1.82) is 0 Å². The van der Waals surface area contributed by atoms with E-state index in [0.29, 0.717) is 28.1 Å². The molecule has 0 aromatic heterocycles. The van der Waals surface area contributed by atoms with Crippen molar-refractivity contribution in [3.8, 4) is 5.75 Å². The summed E-state index contributed by atoms with van der Waals surface area (Å²) in [5.41, 5.74) is 1.88. The molecule has 2 amide bonds. The van der Waals surface area contributed by atoms with Crippen LogP contribution in [0.15, 0.2) is 42.5 Å². The Hall–Kier alpha value is -1.89. The minimum absolute atomic E-state index is 0.0442. The van der Waals surface area contributed by atoms with E-state index in [2.05, 4.69) is 5.32 Å². The van der Waals surface area contributed by atoms with Crippen LogP contribution in [-0.4, -0.2) is 41.7 Å². The summed E-state index contributed by atoms with van der Waals surface area (Å²) in [5.74, 6) is 1.30. The molecule has 0 aliphatic carbocycles. The zero-order valence-corrected chi connectivity index (χ0v) is 21.2. The Balaban J connectivity index is 2.11. The van der Waals surface area contributed by atoms with Crippen LogP contribution in [0.5, 0.6) is 5.75 Å². The maximum Gasteiger partial charge on any atom is 0.242 e. The average molecular weight is 497 g/mol. The number of ether oxygens (including phenoxy) is 1. The van der Waals surface area contributed by atoms with Crippen molar-refractivity contribution < 1.29 is 14.3 Å². The van der Waals surface area contributed by atoms with E-state index in [1.807, 2.05) is 44.2 Å². The maximum atomic E-state index is 13.2. The summed E-state index contributed by atoms with van der Waals surface area (Å²) in [5, 5.41) is 3.97. The van der Waals surface area contributed by atoms with E-state index in [4.69, 9.17) is 27.9 Å². The molecular formula is C24H30Cl2N2O3S. The second-order valence-electron chi connectivity index (χ2n) is 7.61. The Bertz CT molecular complexity index is 926. The molecule has 2 atom stereocenters. The summed E-state index contributed by atoms with van der Waals surface area (Å²) in [4.78, 5) is 27.6. The summed E-state index contributed by atoms with van der Waals surface area (Å²) < 4.78 is 5.30. The van der Waals surface area contributed by atoms with Crippen LogP contribution in [0.4, 0.5) is 0 Å². The van der Waals surface area contributed by atoms with E-state index in [-0.39, 0.29) is 23.6 Å². The predicted octanol–water partition coefficient (Wildman–Crippen LogP) is 5.57. The van der Waals surface area contributed by atoms with E-state index in [0.717, 1.165) is 17.5 Å². The summed E-state index contributed by atoms with van der Waals surface area (Å²) in [6.45, 7) is 6.04. The van der Waals surface area contributed by atoms with Crippen molar-refractivity contribution in [2.75, 3.05) is 12.9 Å². The number of hydrogen-bond acceptors (Lipinski definition) is 4. The molecule has 0 saturated carbocycles. The highest BCUT2D eigenvalue weighted by Crippen LogP contribution is 2.25. The number of amides is 2. The first-order valence-electron chi connectivity index (χ1n) is 10.5. The highest BCUT2D eigenvalue weighted by Gasteiger charge is 2.26. The molecule has 0 aliphatic heterocycles. The zero-order chi connectivity index (χ0) is 23.7. The normalized spacial score (nSPS) is 12.7. The Kier molecular flexibility index (Phi) is 10.7. The fourth-order valence-electron chi connectivity index (χ4n) is 2.98. The van der Waals surface area contributed by atoms with Crippen LogP contribution < -0.4 is 10.1 Å². The number of benzene rings is 2. The van der Waals surface area contributed by atoms with Crippen LogP contribution in [0.3, 0.4) is 0 Å². The van der Waals surface area contributed by atoms with E-state index in [1.54, 1.807) is 31.1 Å². The monoisotopic (exact) mass is 496 g/mol. The van der Waals surface area contributed by atoms with Crippen LogP contribution in [0.25, 0.3) is 0 Å². The Labute approximate surface area is 204 Å². The largest absolute Gasteiger partial charge is 0.497 e. The van der Waals surface area contributed by atoms with Crippen LogP contribution in [0, 0.1) is 0 Å². The first-order valence-corrected chi connectivity index (χ1v) is 12.4. The molecule has 0 saturated heterocycles. The SMILES string of the molecule is CC[C@@H](C)NC(=O)[C@H](C)N(Cc1cccc(OC)c1)C(=O)CSCc1ccc(Cl)c(Cl)c1. The van der Waals surface area contributed by atoms with Crippen molar-refractivity contribution >= 4 is 46.8 Å². The fraction of sp³-hybridized carbons (Fsp3) is 0.417. The van der Waals surface area contributed by atoms with E-state index in [1.165, 1.54) is 11.8 Å². The Morgan fingerprint density at radius 2 is 1.84 bits per heavy atom. The number of halogens is 2. The van der Waals surface area contributed by atoms with Gasteiger partial charge in [-0.05, 0) is 55.7 Å².